The van der Waals surface area contributed by atoms with Crippen molar-refractivity contribution in [1.29, 1.82) is 0 Å². The lowest BCUT2D eigenvalue weighted by molar-refractivity contribution is 0.822. The molecule has 0 bridgehead atoms. The van der Waals surface area contributed by atoms with E-state index in [2.05, 4.69) is 11.6 Å². The molecule has 0 amide bonds. The van der Waals surface area contributed by atoms with Gasteiger partial charge in [-0.15, -0.1) is 0 Å². The van der Waals surface area contributed by atoms with Crippen LogP contribution < -0.4 is 5.49 Å². The standard InChI is InChI=1S/C9H12N2.C2H6/c1-4-10-9-8(2)6-5-7-11(9)3;1-2/h4-7H,1H2,2-3H3;1-2H3. The average Bonchev–Trinajstić information content (AvgIpc) is 2.15. The maximum absolute atomic E-state index is 4.13. The van der Waals surface area contributed by atoms with Gasteiger partial charge in [0.25, 0.3) is 0 Å². The lowest BCUT2D eigenvalue weighted by Gasteiger charge is -1.99. The molecule has 1 aromatic rings. The molecular weight excluding hydrogens is 160 g/mol. The molecule has 0 unspecified atom stereocenters. The molecule has 2 nitrogen and oxygen atoms in total. The van der Waals surface area contributed by atoms with E-state index < -0.39 is 0 Å². The van der Waals surface area contributed by atoms with Gasteiger partial charge >= 0.3 is 0 Å². The van der Waals surface area contributed by atoms with Gasteiger partial charge in [0.2, 0.25) is 0 Å². The first-order chi connectivity index (χ1) is 6.25. The van der Waals surface area contributed by atoms with Crippen LogP contribution in [0.4, 0.5) is 0 Å². The van der Waals surface area contributed by atoms with Crippen molar-refractivity contribution < 1.29 is 0 Å². The van der Waals surface area contributed by atoms with E-state index in [0.29, 0.717) is 0 Å². The molecule has 0 radical (unpaired) electrons. The normalized spacial score (nSPS) is 10.3. The van der Waals surface area contributed by atoms with Gasteiger partial charge in [0.05, 0.1) is 0 Å². The monoisotopic (exact) mass is 178 g/mol. The molecule has 1 aromatic heterocycles. The molecule has 72 valence electrons. The minimum absolute atomic E-state index is 0.961. The molecular formula is C11H18N2. The van der Waals surface area contributed by atoms with Crippen molar-refractivity contribution >= 4 is 0 Å². The van der Waals surface area contributed by atoms with Crippen LogP contribution in [0, 0.1) is 6.92 Å². The Morgan fingerprint density at radius 1 is 1.46 bits per heavy atom. The maximum atomic E-state index is 4.13. The first-order valence-electron chi connectivity index (χ1n) is 4.52. The first-order valence-corrected chi connectivity index (χ1v) is 4.52. The molecule has 0 aliphatic carbocycles. The fourth-order valence-electron chi connectivity index (χ4n) is 1.02. The summed E-state index contributed by atoms with van der Waals surface area (Å²) < 4.78 is 1.97. The second kappa shape index (κ2) is 6.23. The lowest BCUT2D eigenvalue weighted by Crippen LogP contribution is -2.19. The number of rotatable bonds is 1. The molecule has 2 heteroatoms. The van der Waals surface area contributed by atoms with Crippen LogP contribution in [0.5, 0.6) is 0 Å². The molecule has 0 N–H and O–H groups in total. The van der Waals surface area contributed by atoms with Crippen molar-refractivity contribution in [3.63, 3.8) is 0 Å². The van der Waals surface area contributed by atoms with E-state index in [1.165, 1.54) is 0 Å². The Kier molecular flexibility index (Phi) is 5.60. The second-order valence-electron chi connectivity index (χ2n) is 2.44. The maximum Gasteiger partial charge on any atom is 0.135 e. The summed E-state index contributed by atoms with van der Waals surface area (Å²) in [5.41, 5.74) is 2.12. The van der Waals surface area contributed by atoms with Gasteiger partial charge in [-0.3, -0.25) is 0 Å². The van der Waals surface area contributed by atoms with Crippen molar-refractivity contribution in [1.82, 2.24) is 4.57 Å². The summed E-state index contributed by atoms with van der Waals surface area (Å²) in [4.78, 5) is 4.13. The van der Waals surface area contributed by atoms with E-state index in [4.69, 9.17) is 0 Å². The molecule has 0 atom stereocenters. The lowest BCUT2D eigenvalue weighted by atomic mass is 10.3. The van der Waals surface area contributed by atoms with Gasteiger partial charge in [0.1, 0.15) is 5.49 Å². The number of hydrogen-bond donors (Lipinski definition) is 0. The summed E-state index contributed by atoms with van der Waals surface area (Å²) >= 11 is 0. The molecule has 0 saturated heterocycles. The van der Waals surface area contributed by atoms with E-state index >= 15 is 0 Å². The Morgan fingerprint density at radius 2 is 2.08 bits per heavy atom. The first kappa shape index (κ1) is 11.7. The van der Waals surface area contributed by atoms with Gasteiger partial charge in [-0.25, -0.2) is 4.99 Å². The van der Waals surface area contributed by atoms with Crippen LogP contribution in [0.3, 0.4) is 0 Å². The third-order valence-corrected chi connectivity index (χ3v) is 1.56. The van der Waals surface area contributed by atoms with Gasteiger partial charge in [-0.1, -0.05) is 26.5 Å². The van der Waals surface area contributed by atoms with Crippen molar-refractivity contribution in [2.45, 2.75) is 20.8 Å². The van der Waals surface area contributed by atoms with Crippen LogP contribution in [-0.2, 0) is 7.05 Å². The SMILES string of the molecule is C=CN=c1c(C)cccn1C.CC. The topological polar surface area (TPSA) is 17.3 Å². The summed E-state index contributed by atoms with van der Waals surface area (Å²) in [6.45, 7) is 9.59. The number of nitrogens with zero attached hydrogens (tertiary/aromatic N) is 2. The van der Waals surface area contributed by atoms with E-state index in [9.17, 15) is 0 Å². The molecule has 1 rings (SSSR count). The van der Waals surface area contributed by atoms with Crippen LogP contribution in [0.15, 0.2) is 36.1 Å². The number of pyridine rings is 1. The molecule has 0 spiro atoms. The van der Waals surface area contributed by atoms with Gasteiger partial charge in [0.15, 0.2) is 0 Å². The number of hydrogen-bond acceptors (Lipinski definition) is 1. The Bertz CT molecular complexity index is 298. The second-order valence-corrected chi connectivity index (χ2v) is 2.44. The fraction of sp³-hybridized carbons (Fsp3) is 0.364. The quantitative estimate of drug-likeness (QED) is 0.628. The molecule has 0 fully saturated rings. The van der Waals surface area contributed by atoms with Crippen molar-refractivity contribution in [2.24, 2.45) is 12.0 Å². The number of aryl methyl sites for hydroxylation is 2. The molecule has 0 aromatic carbocycles. The molecule has 13 heavy (non-hydrogen) atoms. The van der Waals surface area contributed by atoms with Crippen LogP contribution in [0.25, 0.3) is 0 Å². The number of aromatic nitrogens is 1. The van der Waals surface area contributed by atoms with E-state index in [1.54, 1.807) is 6.20 Å². The predicted octanol–water partition coefficient (Wildman–Crippen LogP) is 2.40. The zero-order valence-electron chi connectivity index (χ0n) is 8.91. The zero-order chi connectivity index (χ0) is 10.3. The fourth-order valence-corrected chi connectivity index (χ4v) is 1.02. The summed E-state index contributed by atoms with van der Waals surface area (Å²) in [6.07, 6.45) is 3.53. The van der Waals surface area contributed by atoms with Crippen molar-refractivity contribution in [2.75, 3.05) is 0 Å². The van der Waals surface area contributed by atoms with E-state index in [-0.39, 0.29) is 0 Å². The predicted molar refractivity (Wildman–Crippen MR) is 57.3 cm³/mol. The minimum atomic E-state index is 0.961. The summed E-state index contributed by atoms with van der Waals surface area (Å²) in [6, 6.07) is 4.03. The molecule has 0 saturated carbocycles. The highest BCUT2D eigenvalue weighted by Crippen LogP contribution is 1.86. The summed E-state index contributed by atoms with van der Waals surface area (Å²) in [7, 11) is 1.97. The largest absolute Gasteiger partial charge is 0.336 e. The zero-order valence-corrected chi connectivity index (χ0v) is 8.91. The smallest absolute Gasteiger partial charge is 0.135 e. The molecule has 0 aliphatic rings. The Balaban J connectivity index is 0.000000671. The van der Waals surface area contributed by atoms with Crippen LogP contribution in [-0.4, -0.2) is 4.57 Å². The highest BCUT2D eigenvalue weighted by Gasteiger charge is 1.88. The molecule has 1 heterocycles. The third kappa shape index (κ3) is 3.28. The van der Waals surface area contributed by atoms with E-state index in [0.717, 1.165) is 11.1 Å². The minimum Gasteiger partial charge on any atom is -0.336 e. The summed E-state index contributed by atoms with van der Waals surface area (Å²) in [5, 5.41) is 0. The van der Waals surface area contributed by atoms with Gasteiger partial charge in [-0.05, 0) is 18.6 Å². The third-order valence-electron chi connectivity index (χ3n) is 1.56. The Hall–Kier alpha value is -1.31. The van der Waals surface area contributed by atoms with Crippen molar-refractivity contribution in [3.05, 3.63) is 42.2 Å². The Morgan fingerprint density at radius 3 is 2.54 bits per heavy atom. The van der Waals surface area contributed by atoms with E-state index in [1.807, 2.05) is 50.7 Å². The Labute approximate surface area is 80.3 Å². The molecule has 0 aliphatic heterocycles. The van der Waals surface area contributed by atoms with Gasteiger partial charge < -0.3 is 4.57 Å². The van der Waals surface area contributed by atoms with Gasteiger partial charge in [-0.2, -0.15) is 0 Å². The van der Waals surface area contributed by atoms with Crippen LogP contribution >= 0.6 is 0 Å². The van der Waals surface area contributed by atoms with Crippen LogP contribution in [0.2, 0.25) is 0 Å². The van der Waals surface area contributed by atoms with Gasteiger partial charge in [0, 0.05) is 19.4 Å². The van der Waals surface area contributed by atoms with Crippen LogP contribution in [0.1, 0.15) is 19.4 Å². The average molecular weight is 178 g/mol. The van der Waals surface area contributed by atoms with Crippen molar-refractivity contribution in [3.8, 4) is 0 Å². The highest BCUT2D eigenvalue weighted by atomic mass is 15.0. The summed E-state index contributed by atoms with van der Waals surface area (Å²) in [5.74, 6) is 0. The highest BCUT2D eigenvalue weighted by molar-refractivity contribution is 5.07.